The van der Waals surface area contributed by atoms with Gasteiger partial charge in [0, 0.05) is 0 Å². The predicted octanol–water partition coefficient (Wildman–Crippen LogP) is 7.85. The summed E-state index contributed by atoms with van der Waals surface area (Å²) in [6.07, 6.45) is 0.936. The SMILES string of the molecule is CC1=[C]([Zr]([Cl])([Cl])([NH]C(C)(C)C)[SiH](C)C)c2cc3sc(C)c(C)c3c(Br)c2C1. The van der Waals surface area contributed by atoms with E-state index in [-0.39, 0.29) is 5.54 Å². The van der Waals surface area contributed by atoms with Gasteiger partial charge in [0.25, 0.3) is 0 Å². The van der Waals surface area contributed by atoms with Gasteiger partial charge in [0.05, 0.1) is 0 Å². The van der Waals surface area contributed by atoms with Gasteiger partial charge in [-0.1, -0.05) is 0 Å². The van der Waals surface area contributed by atoms with Crippen molar-refractivity contribution in [1.82, 2.24) is 3.26 Å². The second kappa shape index (κ2) is 7.04. The maximum atomic E-state index is 7.64. The molecule has 1 aromatic carbocycles. The Labute approximate surface area is 185 Å². The molecule has 0 spiro atoms. The zero-order valence-corrected chi connectivity index (χ0v) is 24.9. The minimum atomic E-state index is -4.36. The third-order valence-corrected chi connectivity index (χ3v) is 53.1. The molecule has 0 saturated carbocycles. The van der Waals surface area contributed by atoms with Gasteiger partial charge in [-0.2, -0.15) is 0 Å². The van der Waals surface area contributed by atoms with Crippen molar-refractivity contribution in [2.75, 3.05) is 0 Å². The quantitative estimate of drug-likeness (QED) is 0.362. The Balaban J connectivity index is 2.34. The Morgan fingerprint density at radius 3 is 2.30 bits per heavy atom. The Morgan fingerprint density at radius 2 is 1.78 bits per heavy atom. The first kappa shape index (κ1) is 22.7. The molecule has 0 unspecified atom stereocenters. The van der Waals surface area contributed by atoms with Crippen LogP contribution in [0, 0.1) is 13.8 Å². The molecular weight excluding hydrogens is 556 g/mol. The Hall–Kier alpha value is 1.04. The molecule has 1 aliphatic carbocycles. The van der Waals surface area contributed by atoms with Gasteiger partial charge in [-0.3, -0.25) is 0 Å². The van der Waals surface area contributed by atoms with Crippen LogP contribution in [-0.2, 0) is 22.3 Å². The van der Waals surface area contributed by atoms with Gasteiger partial charge in [0.15, 0.2) is 0 Å². The number of hydrogen-bond donors (Lipinski definition) is 1. The average Bonchev–Trinajstić information content (AvgIpc) is 2.95. The molecule has 2 aromatic rings. The van der Waals surface area contributed by atoms with Crippen molar-refractivity contribution in [2.24, 2.45) is 0 Å². The van der Waals surface area contributed by atoms with Crippen molar-refractivity contribution < 1.29 is 15.8 Å². The molecule has 1 nitrogen and oxygen atoms in total. The number of nitrogens with one attached hydrogen (secondary N) is 1. The monoisotopic (exact) mass is 582 g/mol. The summed E-state index contributed by atoms with van der Waals surface area (Å²) in [6.45, 7) is 17.8. The fraction of sp³-hybridized carbons (Fsp3) is 0.500. The van der Waals surface area contributed by atoms with Crippen LogP contribution in [0.2, 0.25) is 13.1 Å². The summed E-state index contributed by atoms with van der Waals surface area (Å²) in [4.78, 5) is 1.38. The Kier molecular flexibility index (Phi) is 5.92. The molecule has 0 atom stereocenters. The Bertz CT molecular complexity index is 988. The van der Waals surface area contributed by atoms with E-state index in [0.29, 0.717) is 0 Å². The van der Waals surface area contributed by atoms with Gasteiger partial charge >= 0.3 is 187 Å². The van der Waals surface area contributed by atoms with E-state index < -0.39 is 21.8 Å². The van der Waals surface area contributed by atoms with Crippen LogP contribution in [0.4, 0.5) is 0 Å². The van der Waals surface area contributed by atoms with Crippen LogP contribution < -0.4 is 3.26 Å². The van der Waals surface area contributed by atoms with Gasteiger partial charge in [0.2, 0.25) is 0 Å². The third kappa shape index (κ3) is 3.66. The molecule has 1 aliphatic rings. The number of rotatable bonds is 3. The van der Waals surface area contributed by atoms with Crippen LogP contribution >= 0.6 is 44.3 Å². The third-order valence-electron chi connectivity index (χ3n) is 5.71. The second-order valence-electron chi connectivity index (χ2n) is 9.32. The van der Waals surface area contributed by atoms with Crippen LogP contribution in [0.3, 0.4) is 0 Å². The topological polar surface area (TPSA) is 12.0 Å². The summed E-state index contributed by atoms with van der Waals surface area (Å²) in [7, 11) is 15.3. The molecule has 0 radical (unpaired) electrons. The standard InChI is InChI=1S/C14H12BrS.C4H10N.C2H7Si.2ClH.Zr/c1-7-4-10-6-12-13(8(2)9(3)16-12)14(15)11(10)5-7;1-4(2,3)5;1-3-2;;;/h6H,5H2,1-3H3;5H,1-3H3;3H,1-2H3;2*1H;/q;-1;;;;+3/p-2. The van der Waals surface area contributed by atoms with Crippen molar-refractivity contribution in [3.63, 3.8) is 0 Å². The first-order valence-electron chi connectivity index (χ1n) is 9.45. The number of hydrogen-bond acceptors (Lipinski definition) is 2. The predicted molar refractivity (Wildman–Crippen MR) is 129 cm³/mol. The van der Waals surface area contributed by atoms with Crippen molar-refractivity contribution in [3.05, 3.63) is 37.7 Å². The summed E-state index contributed by atoms with van der Waals surface area (Å²) >= 11 is 1.45. The van der Waals surface area contributed by atoms with E-state index in [2.05, 4.69) is 79.9 Å². The number of benzene rings is 1. The first-order valence-corrected chi connectivity index (χ1v) is 27.0. The Morgan fingerprint density at radius 1 is 1.19 bits per heavy atom. The molecule has 27 heavy (non-hydrogen) atoms. The van der Waals surface area contributed by atoms with Gasteiger partial charge < -0.3 is 0 Å². The number of fused-ring (bicyclic) bond motifs is 2. The van der Waals surface area contributed by atoms with Crippen LogP contribution in [0.25, 0.3) is 13.4 Å². The number of thiophene rings is 1. The molecular formula is C20H29BrCl2NSSiZr. The fourth-order valence-electron chi connectivity index (χ4n) is 4.32. The molecule has 1 aromatic heterocycles. The van der Waals surface area contributed by atoms with Crippen LogP contribution in [0.5, 0.6) is 0 Å². The van der Waals surface area contributed by atoms with E-state index in [9.17, 15) is 0 Å². The van der Waals surface area contributed by atoms with Gasteiger partial charge in [0.1, 0.15) is 0 Å². The van der Waals surface area contributed by atoms with Crippen molar-refractivity contribution in [1.29, 1.82) is 0 Å². The number of allylic oxidation sites excluding steroid dienone is 1. The summed E-state index contributed by atoms with van der Waals surface area (Å²) in [6, 6.07) is 2.37. The van der Waals surface area contributed by atoms with Crippen molar-refractivity contribution in [3.8, 4) is 0 Å². The summed E-state index contributed by atoms with van der Waals surface area (Å²) < 4.78 is 7.69. The molecule has 0 saturated heterocycles. The van der Waals surface area contributed by atoms with Gasteiger partial charge in [-0.15, -0.1) is 0 Å². The van der Waals surface area contributed by atoms with E-state index >= 15 is 0 Å². The molecule has 1 N–H and O–H groups in total. The normalized spacial score (nSPS) is 17.0. The zero-order chi connectivity index (χ0) is 20.5. The zero-order valence-electron chi connectivity index (χ0n) is 17.4. The van der Waals surface area contributed by atoms with E-state index in [1.54, 1.807) is 0 Å². The van der Waals surface area contributed by atoms with Gasteiger partial charge in [-0.25, -0.2) is 0 Å². The maximum absolute atomic E-state index is 7.64. The molecule has 3 rings (SSSR count). The summed E-state index contributed by atoms with van der Waals surface area (Å²) in [5.74, 6) is -1.39. The summed E-state index contributed by atoms with van der Waals surface area (Å²) in [5.41, 5.74) is 5.28. The van der Waals surface area contributed by atoms with Crippen molar-refractivity contribution >= 4 is 63.6 Å². The minimum absolute atomic E-state index is 0.112. The van der Waals surface area contributed by atoms with Crippen LogP contribution in [-0.4, -0.2) is 11.5 Å². The second-order valence-corrected chi connectivity index (χ2v) is 50.9. The molecule has 149 valence electrons. The first-order chi connectivity index (χ1) is 12.2. The molecule has 0 fully saturated rings. The van der Waals surface area contributed by atoms with E-state index in [4.69, 9.17) is 17.0 Å². The molecule has 1 heterocycles. The molecule has 0 aliphatic heterocycles. The molecule has 0 bridgehead atoms. The fourth-order valence-corrected chi connectivity index (χ4v) is 32.7. The van der Waals surface area contributed by atoms with E-state index in [0.717, 1.165) is 6.42 Å². The van der Waals surface area contributed by atoms with E-state index in [1.807, 2.05) is 11.3 Å². The van der Waals surface area contributed by atoms with Crippen molar-refractivity contribution in [2.45, 2.75) is 66.6 Å². The summed E-state index contributed by atoms with van der Waals surface area (Å²) in [5, 5.41) is 1.36. The van der Waals surface area contributed by atoms with Crippen LogP contribution in [0.15, 0.2) is 16.1 Å². The number of aryl methyl sites for hydroxylation is 2. The van der Waals surface area contributed by atoms with E-state index in [1.165, 1.54) is 45.0 Å². The molecule has 0 amide bonds. The average molecular weight is 586 g/mol. The number of halogens is 3. The molecule has 7 heteroatoms. The van der Waals surface area contributed by atoms with Gasteiger partial charge in [-0.05, 0) is 0 Å². The van der Waals surface area contributed by atoms with Crippen LogP contribution in [0.1, 0.15) is 49.3 Å².